The summed E-state index contributed by atoms with van der Waals surface area (Å²) in [6, 6.07) is 6.47. The van der Waals surface area contributed by atoms with Crippen LogP contribution in [-0.2, 0) is 16.6 Å². The topological polar surface area (TPSA) is 150 Å². The number of likely N-dealkylation sites (N-methyl/N-ethyl adjacent to an activating group) is 1. The number of nitrogen functional groups attached to an aromatic ring is 1. The van der Waals surface area contributed by atoms with Crippen LogP contribution in [0.15, 0.2) is 16.7 Å². The van der Waals surface area contributed by atoms with Crippen molar-refractivity contribution < 1.29 is 14.1 Å². The number of nitrogens with zero attached hydrogens (tertiary/aromatic N) is 7. The molecule has 0 bridgehead atoms. The van der Waals surface area contributed by atoms with E-state index in [1.54, 1.807) is 0 Å². The Morgan fingerprint density at radius 2 is 1.98 bits per heavy atom. The molecule has 1 amide bonds. The molecule has 0 saturated carbocycles. The molecule has 12 nitrogen and oxygen atoms in total. The number of aromatic nitrogens is 3. The van der Waals surface area contributed by atoms with Crippen molar-refractivity contribution >= 4 is 33.9 Å². The van der Waals surface area contributed by atoms with Gasteiger partial charge in [0.25, 0.3) is 0 Å². The van der Waals surface area contributed by atoms with Crippen LogP contribution >= 0.6 is 11.3 Å². The first-order valence-corrected chi connectivity index (χ1v) is 16.1. The molecule has 2 aliphatic heterocycles. The number of rotatable bonds is 6. The first kappa shape index (κ1) is 30.1. The van der Waals surface area contributed by atoms with Gasteiger partial charge in [-0.15, -0.1) is 11.3 Å². The van der Waals surface area contributed by atoms with E-state index in [1.807, 2.05) is 26.8 Å². The maximum atomic E-state index is 12.1. The van der Waals surface area contributed by atoms with E-state index in [0.29, 0.717) is 40.4 Å². The highest BCUT2D eigenvalue weighted by atomic mass is 32.1. The van der Waals surface area contributed by atoms with Gasteiger partial charge in [-0.1, -0.05) is 5.16 Å². The number of amides is 1. The lowest BCUT2D eigenvalue weighted by molar-refractivity contribution is 0.0516. The Hall–Kier alpha value is -3.89. The highest BCUT2D eigenvalue weighted by Crippen LogP contribution is 2.48. The van der Waals surface area contributed by atoms with Crippen molar-refractivity contribution in [1.29, 1.82) is 5.26 Å². The fraction of sp³-hybridized carbons (Fsp3) is 0.581. The molecule has 1 atom stereocenters. The minimum Gasteiger partial charge on any atom is -0.444 e. The van der Waals surface area contributed by atoms with Crippen molar-refractivity contribution in [3.8, 4) is 17.6 Å². The van der Waals surface area contributed by atoms with Crippen molar-refractivity contribution in [2.75, 3.05) is 68.4 Å². The second-order valence-electron chi connectivity index (χ2n) is 13.4. The van der Waals surface area contributed by atoms with Crippen LogP contribution < -0.4 is 20.9 Å². The standard InChI is InChI=1S/C31H41N9O3S/c1-30(2,3)42-29(41)34-16-19-17-40(18-19)20-13-22(35-24(14-20)39-11-9-38(5)10-12-39)27-36-28(43-37-27)31(4)8-6-7-23-25(31)21(15-32)26(33)44-23/h13-14,19H,6-12,16-18,33H2,1-5H3,(H,34,41). The Morgan fingerprint density at radius 1 is 1.23 bits per heavy atom. The zero-order valence-corrected chi connectivity index (χ0v) is 27.0. The number of aryl methyl sites for hydroxylation is 1. The summed E-state index contributed by atoms with van der Waals surface area (Å²) in [5.41, 5.74) is 8.25. The van der Waals surface area contributed by atoms with E-state index in [-0.39, 0.29) is 0 Å². The molecule has 0 radical (unpaired) electrons. The quantitative estimate of drug-likeness (QED) is 0.412. The summed E-state index contributed by atoms with van der Waals surface area (Å²) in [4.78, 5) is 30.1. The summed E-state index contributed by atoms with van der Waals surface area (Å²) >= 11 is 1.49. The van der Waals surface area contributed by atoms with Gasteiger partial charge in [-0.2, -0.15) is 10.2 Å². The van der Waals surface area contributed by atoms with E-state index >= 15 is 0 Å². The molecule has 3 N–H and O–H groups in total. The summed E-state index contributed by atoms with van der Waals surface area (Å²) in [5.74, 6) is 2.11. The van der Waals surface area contributed by atoms with Crippen LogP contribution in [0.2, 0.25) is 0 Å². The third-order valence-corrected chi connectivity index (χ3v) is 9.84. The molecule has 234 valence electrons. The molecule has 5 heterocycles. The molecule has 3 aromatic rings. The molecule has 44 heavy (non-hydrogen) atoms. The monoisotopic (exact) mass is 619 g/mol. The predicted octanol–water partition coefficient (Wildman–Crippen LogP) is 4.00. The fourth-order valence-corrected chi connectivity index (χ4v) is 7.50. The van der Waals surface area contributed by atoms with Gasteiger partial charge in [0.1, 0.15) is 28.2 Å². The molecule has 0 aromatic carbocycles. The second kappa shape index (κ2) is 11.6. The number of carbonyl (C=O) groups is 1. The molecule has 13 heteroatoms. The number of nitrogens with one attached hydrogen (secondary N) is 1. The number of piperazine rings is 1. The Balaban J connectivity index is 1.26. The van der Waals surface area contributed by atoms with E-state index in [0.717, 1.165) is 80.5 Å². The van der Waals surface area contributed by atoms with Gasteiger partial charge in [-0.3, -0.25) is 0 Å². The van der Waals surface area contributed by atoms with Gasteiger partial charge >= 0.3 is 6.09 Å². The average molecular weight is 620 g/mol. The van der Waals surface area contributed by atoms with E-state index in [4.69, 9.17) is 25.0 Å². The van der Waals surface area contributed by atoms with Crippen LogP contribution in [0, 0.1) is 17.2 Å². The molecule has 2 fully saturated rings. The van der Waals surface area contributed by atoms with Gasteiger partial charge in [0.15, 0.2) is 0 Å². The summed E-state index contributed by atoms with van der Waals surface area (Å²) in [6.07, 6.45) is 2.24. The maximum Gasteiger partial charge on any atom is 0.407 e. The van der Waals surface area contributed by atoms with Crippen LogP contribution in [0.1, 0.15) is 62.4 Å². The first-order valence-electron chi connectivity index (χ1n) is 15.3. The zero-order valence-electron chi connectivity index (χ0n) is 26.1. The van der Waals surface area contributed by atoms with Gasteiger partial charge in [0, 0.05) is 73.9 Å². The Labute approximate surface area is 262 Å². The second-order valence-corrected chi connectivity index (χ2v) is 14.5. The van der Waals surface area contributed by atoms with Gasteiger partial charge in [-0.25, -0.2) is 9.78 Å². The lowest BCUT2D eigenvalue weighted by Gasteiger charge is -2.42. The van der Waals surface area contributed by atoms with Crippen LogP contribution in [0.4, 0.5) is 21.3 Å². The largest absolute Gasteiger partial charge is 0.444 e. The molecule has 3 aromatic heterocycles. The number of carbonyl (C=O) groups excluding carboxylic acids is 1. The fourth-order valence-electron chi connectivity index (χ4n) is 6.31. The maximum absolute atomic E-state index is 12.1. The highest BCUT2D eigenvalue weighted by Gasteiger charge is 2.43. The number of nitriles is 1. The normalized spacial score (nSPS) is 21.0. The SMILES string of the molecule is CN1CCN(c2cc(N3CC(CNC(=O)OC(C)(C)C)C3)cc(-c3noc(C4(C)CCCc5sc(N)c(C#N)c54)n3)n2)CC1. The number of pyridine rings is 1. The van der Waals surface area contributed by atoms with Crippen LogP contribution in [0.5, 0.6) is 0 Å². The third-order valence-electron chi connectivity index (χ3n) is 8.76. The Morgan fingerprint density at radius 3 is 2.68 bits per heavy atom. The molecule has 1 aliphatic carbocycles. The van der Waals surface area contributed by atoms with E-state index in [1.165, 1.54) is 11.3 Å². The predicted molar refractivity (Wildman–Crippen MR) is 170 cm³/mol. The molecular formula is C31H41N9O3S. The molecule has 6 rings (SSSR count). The number of hydrogen-bond donors (Lipinski definition) is 2. The van der Waals surface area contributed by atoms with Crippen molar-refractivity contribution in [3.05, 3.63) is 34.0 Å². The lowest BCUT2D eigenvalue weighted by atomic mass is 9.72. The average Bonchev–Trinajstić information content (AvgIpc) is 3.57. The summed E-state index contributed by atoms with van der Waals surface area (Å²) in [7, 11) is 2.13. The van der Waals surface area contributed by atoms with Crippen molar-refractivity contribution in [3.63, 3.8) is 0 Å². The minimum absolute atomic E-state index is 0.316. The molecule has 3 aliphatic rings. The smallest absolute Gasteiger partial charge is 0.407 e. The minimum atomic E-state index is -0.595. The van der Waals surface area contributed by atoms with Crippen molar-refractivity contribution in [2.45, 2.75) is 58.0 Å². The zero-order chi connectivity index (χ0) is 31.2. The molecule has 2 saturated heterocycles. The van der Waals surface area contributed by atoms with Gasteiger partial charge in [0.05, 0.1) is 11.0 Å². The number of anilines is 3. The highest BCUT2D eigenvalue weighted by molar-refractivity contribution is 7.16. The van der Waals surface area contributed by atoms with Crippen LogP contribution in [-0.4, -0.2) is 84.6 Å². The lowest BCUT2D eigenvalue weighted by Crippen LogP contribution is -2.52. The van der Waals surface area contributed by atoms with Gasteiger partial charge in [0.2, 0.25) is 11.7 Å². The molecular weight excluding hydrogens is 578 g/mol. The Bertz CT molecular complexity index is 1570. The van der Waals surface area contributed by atoms with Gasteiger partial charge < -0.3 is 35.0 Å². The summed E-state index contributed by atoms with van der Waals surface area (Å²) < 4.78 is 11.3. The van der Waals surface area contributed by atoms with E-state index in [9.17, 15) is 10.1 Å². The van der Waals surface area contributed by atoms with E-state index < -0.39 is 17.1 Å². The number of nitrogens with two attached hydrogens (primary N) is 1. The van der Waals surface area contributed by atoms with Crippen molar-refractivity contribution in [2.24, 2.45) is 5.92 Å². The Kier molecular flexibility index (Phi) is 7.92. The summed E-state index contributed by atoms with van der Waals surface area (Å²) in [6.45, 7) is 13.5. The number of hydrogen-bond acceptors (Lipinski definition) is 12. The number of alkyl carbamates (subject to hydrolysis) is 1. The van der Waals surface area contributed by atoms with Crippen LogP contribution in [0.3, 0.4) is 0 Å². The first-order chi connectivity index (χ1) is 20.9. The van der Waals surface area contributed by atoms with Crippen molar-refractivity contribution in [1.82, 2.24) is 25.3 Å². The molecule has 1 unspecified atom stereocenters. The summed E-state index contributed by atoms with van der Waals surface area (Å²) in [5, 5.41) is 17.8. The number of thiophene rings is 1. The van der Waals surface area contributed by atoms with Crippen LogP contribution in [0.25, 0.3) is 11.5 Å². The molecule has 0 spiro atoms. The van der Waals surface area contributed by atoms with E-state index in [2.05, 4.69) is 51.3 Å². The van der Waals surface area contributed by atoms with Gasteiger partial charge in [-0.05, 0) is 60.1 Å². The number of fused-ring (bicyclic) bond motifs is 1. The number of ether oxygens (including phenoxy) is 1. The third kappa shape index (κ3) is 5.93.